The van der Waals surface area contributed by atoms with Crippen molar-refractivity contribution in [3.05, 3.63) is 46.9 Å². The molecule has 1 saturated heterocycles. The zero-order valence-electron chi connectivity index (χ0n) is 18.0. The smallest absolute Gasteiger partial charge is 0.320 e. The van der Waals surface area contributed by atoms with Crippen LogP contribution >= 0.6 is 0 Å². The number of pyridine rings is 1. The quantitative estimate of drug-likeness (QED) is 0.623. The Morgan fingerprint density at radius 2 is 2.03 bits per heavy atom. The van der Waals surface area contributed by atoms with Crippen LogP contribution in [0.5, 0.6) is 0 Å². The molecular weight excluding hydrogens is 415 g/mol. The van der Waals surface area contributed by atoms with Crippen molar-refractivity contribution >= 4 is 17.8 Å². The molecule has 10 nitrogen and oxygen atoms in total. The number of carbonyl (C=O) groups excluding carboxylic acids is 2. The second-order valence-corrected chi connectivity index (χ2v) is 7.34. The van der Waals surface area contributed by atoms with Gasteiger partial charge in [-0.25, -0.2) is 24.1 Å². The zero-order chi connectivity index (χ0) is 23.1. The number of hydrogen-bond acceptors (Lipinski definition) is 7. The second kappa shape index (κ2) is 10.6. The number of carbonyl (C=O) groups is 2. The fourth-order valence-electron chi connectivity index (χ4n) is 3.67. The Morgan fingerprint density at radius 3 is 2.69 bits per heavy atom. The number of rotatable bonds is 6. The molecular formula is C21H25FN8O2. The molecule has 3 rings (SSSR count). The third kappa shape index (κ3) is 5.33. The number of urea groups is 1. The maximum atomic E-state index is 14.7. The van der Waals surface area contributed by atoms with Crippen LogP contribution in [0.3, 0.4) is 0 Å². The number of hydrogen-bond donors (Lipinski definition) is 3. The summed E-state index contributed by atoms with van der Waals surface area (Å²) < 4.78 is 14.7. The lowest BCUT2D eigenvalue weighted by Crippen LogP contribution is -2.34. The highest BCUT2D eigenvalue weighted by molar-refractivity contribution is 5.92. The van der Waals surface area contributed by atoms with Crippen molar-refractivity contribution in [1.29, 1.82) is 5.26 Å². The van der Waals surface area contributed by atoms with Gasteiger partial charge in [-0.2, -0.15) is 5.26 Å². The van der Waals surface area contributed by atoms with Crippen LogP contribution in [0.4, 0.5) is 15.0 Å². The highest BCUT2D eigenvalue weighted by Crippen LogP contribution is 2.30. The Labute approximate surface area is 185 Å². The lowest BCUT2D eigenvalue weighted by molar-refractivity contribution is 0.0958. The minimum absolute atomic E-state index is 0.123. The molecule has 0 bridgehead atoms. The monoisotopic (exact) mass is 440 g/mol. The lowest BCUT2D eigenvalue weighted by Gasteiger charge is -2.32. The summed E-state index contributed by atoms with van der Waals surface area (Å²) in [5, 5.41) is 16.9. The van der Waals surface area contributed by atoms with Gasteiger partial charge in [0.15, 0.2) is 11.6 Å². The number of likely N-dealkylation sites (tertiary alicyclic amines) is 1. The molecule has 1 aliphatic heterocycles. The van der Waals surface area contributed by atoms with E-state index in [1.54, 1.807) is 19.1 Å². The van der Waals surface area contributed by atoms with Crippen LogP contribution in [0.2, 0.25) is 0 Å². The maximum absolute atomic E-state index is 14.7. The average Bonchev–Trinajstić information content (AvgIpc) is 2.81. The molecule has 11 heteroatoms. The third-order valence-electron chi connectivity index (χ3n) is 5.32. The number of aromatic nitrogens is 3. The Kier molecular flexibility index (Phi) is 7.62. The number of nitrogens with zero attached hydrogens (tertiary/aromatic N) is 5. The lowest BCUT2D eigenvalue weighted by atomic mass is 9.88. The number of anilines is 1. The molecule has 0 aliphatic carbocycles. The summed E-state index contributed by atoms with van der Waals surface area (Å²) in [4.78, 5) is 37.5. The highest BCUT2D eigenvalue weighted by Gasteiger charge is 2.25. The number of amides is 3. The van der Waals surface area contributed by atoms with Gasteiger partial charge in [-0.1, -0.05) is 6.07 Å². The summed E-state index contributed by atoms with van der Waals surface area (Å²) in [6, 6.07) is 4.98. The first-order valence-electron chi connectivity index (χ1n) is 10.4. The molecule has 1 aliphatic rings. The van der Waals surface area contributed by atoms with Gasteiger partial charge in [0.25, 0.3) is 5.91 Å². The van der Waals surface area contributed by atoms with Gasteiger partial charge in [0.05, 0.1) is 5.69 Å². The Hall–Kier alpha value is -3.65. The van der Waals surface area contributed by atoms with Gasteiger partial charge < -0.3 is 10.6 Å². The van der Waals surface area contributed by atoms with Gasteiger partial charge in [-0.15, -0.1) is 0 Å². The Bertz CT molecular complexity index is 1030. The number of nitrogens with one attached hydrogen (secondary N) is 3. The predicted octanol–water partition coefficient (Wildman–Crippen LogP) is 1.76. The zero-order valence-corrected chi connectivity index (χ0v) is 18.0. The summed E-state index contributed by atoms with van der Waals surface area (Å²) in [5.74, 6) is -1.02. The molecule has 0 spiro atoms. The molecule has 3 N–H and O–H groups in total. The van der Waals surface area contributed by atoms with E-state index in [2.05, 4.69) is 41.9 Å². The molecule has 3 amide bonds. The number of piperidine rings is 1. The minimum Gasteiger partial charge on any atom is -0.354 e. The maximum Gasteiger partial charge on any atom is 0.320 e. The van der Waals surface area contributed by atoms with Crippen molar-refractivity contribution in [3.8, 4) is 6.07 Å². The highest BCUT2D eigenvalue weighted by atomic mass is 19.1. The molecule has 0 aromatic carbocycles. The van der Waals surface area contributed by atoms with Gasteiger partial charge in [-0.05, 0) is 50.4 Å². The first-order valence-corrected chi connectivity index (χ1v) is 10.4. The van der Waals surface area contributed by atoms with Crippen LogP contribution < -0.4 is 16.0 Å². The van der Waals surface area contributed by atoms with Crippen molar-refractivity contribution < 1.29 is 14.0 Å². The van der Waals surface area contributed by atoms with Crippen molar-refractivity contribution in [1.82, 2.24) is 30.5 Å². The average molecular weight is 440 g/mol. The third-order valence-corrected chi connectivity index (χ3v) is 5.32. The van der Waals surface area contributed by atoms with E-state index in [9.17, 15) is 19.2 Å². The van der Waals surface area contributed by atoms with Gasteiger partial charge in [-0.3, -0.25) is 15.0 Å². The van der Waals surface area contributed by atoms with Crippen LogP contribution in [0.15, 0.2) is 18.5 Å². The fraction of sp³-hybridized carbons (Fsp3) is 0.429. The SMILES string of the molecule is CCNC(=O)Nc1ncnc(CN2CCC(c3ccc(C(=O)NC)nc3C#N)CC2)c1F. The van der Waals surface area contributed by atoms with Crippen LogP contribution in [0, 0.1) is 17.1 Å². The van der Waals surface area contributed by atoms with Crippen molar-refractivity contribution in [2.24, 2.45) is 0 Å². The summed E-state index contributed by atoms with van der Waals surface area (Å²) in [6.07, 6.45) is 2.74. The van der Waals surface area contributed by atoms with E-state index >= 15 is 0 Å². The normalized spacial score (nSPS) is 14.4. The molecule has 0 saturated carbocycles. The largest absolute Gasteiger partial charge is 0.354 e. The standard InChI is InChI=1S/C21H25FN8O2/c1-3-25-21(32)29-19-18(22)17(26-12-27-19)11-30-8-6-13(7-9-30)14-4-5-15(20(31)24-2)28-16(14)10-23/h4-5,12-13H,3,6-9,11H2,1-2H3,(H,24,31)(H2,25,26,27,29,32). The van der Waals surface area contributed by atoms with Gasteiger partial charge >= 0.3 is 6.03 Å². The van der Waals surface area contributed by atoms with Gasteiger partial charge in [0.1, 0.15) is 23.8 Å². The topological polar surface area (TPSA) is 136 Å². The van der Waals surface area contributed by atoms with E-state index in [1.807, 2.05) is 0 Å². The van der Waals surface area contributed by atoms with Crippen LogP contribution in [-0.2, 0) is 6.54 Å². The van der Waals surface area contributed by atoms with Crippen molar-refractivity contribution in [3.63, 3.8) is 0 Å². The Morgan fingerprint density at radius 1 is 1.28 bits per heavy atom. The molecule has 0 unspecified atom stereocenters. The molecule has 2 aromatic rings. The van der Waals surface area contributed by atoms with Crippen molar-refractivity contribution in [2.45, 2.75) is 32.2 Å². The van der Waals surface area contributed by atoms with E-state index < -0.39 is 11.8 Å². The molecule has 2 aromatic heterocycles. The molecule has 168 valence electrons. The van der Waals surface area contributed by atoms with Gasteiger partial charge in [0.2, 0.25) is 0 Å². The van der Waals surface area contributed by atoms with Crippen LogP contribution in [0.25, 0.3) is 0 Å². The van der Waals surface area contributed by atoms with E-state index in [-0.39, 0.29) is 41.3 Å². The number of halogens is 1. The fourth-order valence-corrected chi connectivity index (χ4v) is 3.67. The molecule has 32 heavy (non-hydrogen) atoms. The van der Waals surface area contributed by atoms with E-state index in [0.717, 1.165) is 18.4 Å². The molecule has 1 fully saturated rings. The molecule has 3 heterocycles. The first kappa shape index (κ1) is 23.0. The van der Waals surface area contributed by atoms with E-state index in [4.69, 9.17) is 0 Å². The second-order valence-electron chi connectivity index (χ2n) is 7.34. The van der Waals surface area contributed by atoms with Gasteiger partial charge in [0, 0.05) is 20.1 Å². The van der Waals surface area contributed by atoms with E-state index in [0.29, 0.717) is 19.6 Å². The summed E-state index contributed by atoms with van der Waals surface area (Å²) in [5.41, 5.74) is 1.50. The van der Waals surface area contributed by atoms with Crippen molar-refractivity contribution in [2.75, 3.05) is 32.0 Å². The summed E-state index contributed by atoms with van der Waals surface area (Å²) >= 11 is 0. The Balaban J connectivity index is 1.64. The molecule has 0 radical (unpaired) electrons. The minimum atomic E-state index is -0.651. The predicted molar refractivity (Wildman–Crippen MR) is 114 cm³/mol. The number of nitriles is 1. The first-order chi connectivity index (χ1) is 15.5. The van der Waals surface area contributed by atoms with Crippen LogP contribution in [0.1, 0.15) is 53.1 Å². The summed E-state index contributed by atoms with van der Waals surface area (Å²) in [7, 11) is 1.51. The van der Waals surface area contributed by atoms with E-state index in [1.165, 1.54) is 13.4 Å². The molecule has 0 atom stereocenters. The summed E-state index contributed by atoms with van der Waals surface area (Å²) in [6.45, 7) is 3.81. The van der Waals surface area contributed by atoms with Crippen LogP contribution in [-0.4, -0.2) is 58.5 Å².